The number of carboxylic acid groups (broad SMARTS) is 1. The zero-order valence-corrected chi connectivity index (χ0v) is 11.5. The molecule has 104 valence electrons. The van der Waals surface area contributed by atoms with E-state index in [2.05, 4.69) is 26.1 Å². The molecule has 1 rings (SSSR count). The van der Waals surface area contributed by atoms with Crippen molar-refractivity contribution in [1.82, 2.24) is 10.2 Å². The second kappa shape index (κ2) is 6.18. The van der Waals surface area contributed by atoms with Gasteiger partial charge < -0.3 is 15.3 Å². The van der Waals surface area contributed by atoms with Gasteiger partial charge in [0.15, 0.2) is 0 Å². The molecule has 0 atom stereocenters. The summed E-state index contributed by atoms with van der Waals surface area (Å²) in [6.07, 6.45) is 2.50. The predicted octanol–water partition coefficient (Wildman–Crippen LogP) is 1.23. The van der Waals surface area contributed by atoms with Crippen LogP contribution < -0.4 is 5.32 Å². The highest BCUT2D eigenvalue weighted by Gasteiger charge is 2.32. The number of carbonyl (C=O) groups is 2. The largest absolute Gasteiger partial charge is 0.481 e. The minimum Gasteiger partial charge on any atom is -0.481 e. The molecule has 1 amide bonds. The van der Waals surface area contributed by atoms with Crippen LogP contribution in [0.15, 0.2) is 0 Å². The molecule has 0 aromatic rings. The molecular formula is C13H24N2O3. The van der Waals surface area contributed by atoms with E-state index in [1.54, 1.807) is 4.90 Å². The lowest BCUT2D eigenvalue weighted by atomic mass is 10.1. The molecule has 1 saturated carbocycles. The Hall–Kier alpha value is -1.10. The summed E-state index contributed by atoms with van der Waals surface area (Å²) < 4.78 is 0. The smallest absolute Gasteiger partial charge is 0.305 e. The maximum Gasteiger partial charge on any atom is 0.305 e. The summed E-state index contributed by atoms with van der Waals surface area (Å²) in [5.41, 5.74) is 0.00571. The number of carbonyl (C=O) groups excluding carboxylic acids is 1. The number of amides is 1. The van der Waals surface area contributed by atoms with Crippen molar-refractivity contribution in [1.29, 1.82) is 0 Å². The van der Waals surface area contributed by atoms with Crippen LogP contribution in [0, 0.1) is 0 Å². The lowest BCUT2D eigenvalue weighted by molar-refractivity contribution is -0.138. The van der Waals surface area contributed by atoms with E-state index in [0.29, 0.717) is 19.5 Å². The SMILES string of the molecule is CC(C)(C)NCCC(=O)N(CCC(=O)O)C1CC1. The third-order valence-corrected chi connectivity index (χ3v) is 2.87. The number of hydrogen-bond acceptors (Lipinski definition) is 3. The van der Waals surface area contributed by atoms with Crippen molar-refractivity contribution in [3.05, 3.63) is 0 Å². The first kappa shape index (κ1) is 15.0. The molecule has 18 heavy (non-hydrogen) atoms. The van der Waals surface area contributed by atoms with E-state index in [-0.39, 0.29) is 23.9 Å². The van der Waals surface area contributed by atoms with Gasteiger partial charge in [0.05, 0.1) is 6.42 Å². The van der Waals surface area contributed by atoms with E-state index in [0.717, 1.165) is 12.8 Å². The number of aliphatic carboxylic acids is 1. The number of rotatable bonds is 7. The molecule has 0 saturated heterocycles. The average molecular weight is 256 g/mol. The summed E-state index contributed by atoms with van der Waals surface area (Å²) in [5.74, 6) is -0.781. The molecule has 1 aliphatic carbocycles. The van der Waals surface area contributed by atoms with Crippen LogP contribution in [0.4, 0.5) is 0 Å². The Morgan fingerprint density at radius 1 is 1.28 bits per heavy atom. The Bertz CT molecular complexity index is 306. The maximum atomic E-state index is 12.0. The summed E-state index contributed by atoms with van der Waals surface area (Å²) >= 11 is 0. The molecule has 5 nitrogen and oxygen atoms in total. The van der Waals surface area contributed by atoms with Gasteiger partial charge in [-0.15, -0.1) is 0 Å². The first-order valence-corrected chi connectivity index (χ1v) is 6.56. The van der Waals surface area contributed by atoms with E-state index in [4.69, 9.17) is 5.11 Å². The molecule has 0 aromatic carbocycles. The summed E-state index contributed by atoms with van der Waals surface area (Å²) in [5, 5.41) is 11.9. The first-order chi connectivity index (χ1) is 8.29. The van der Waals surface area contributed by atoms with Crippen LogP contribution in [0.1, 0.15) is 46.5 Å². The number of carboxylic acids is 1. The zero-order valence-electron chi connectivity index (χ0n) is 11.5. The Kier molecular flexibility index (Phi) is 5.14. The van der Waals surface area contributed by atoms with Crippen molar-refractivity contribution in [3.63, 3.8) is 0 Å². The Morgan fingerprint density at radius 2 is 1.89 bits per heavy atom. The van der Waals surface area contributed by atoms with Crippen molar-refractivity contribution in [2.75, 3.05) is 13.1 Å². The van der Waals surface area contributed by atoms with Crippen LogP contribution in [0.2, 0.25) is 0 Å². The quantitative estimate of drug-likeness (QED) is 0.719. The minimum atomic E-state index is -0.846. The molecule has 1 aliphatic rings. The fourth-order valence-corrected chi connectivity index (χ4v) is 1.80. The van der Waals surface area contributed by atoms with Crippen molar-refractivity contribution in [3.8, 4) is 0 Å². The third-order valence-electron chi connectivity index (χ3n) is 2.87. The number of nitrogens with one attached hydrogen (secondary N) is 1. The summed E-state index contributed by atoms with van der Waals surface area (Å²) in [4.78, 5) is 24.3. The first-order valence-electron chi connectivity index (χ1n) is 6.56. The topological polar surface area (TPSA) is 69.6 Å². The standard InChI is InChI=1S/C13H24N2O3/c1-13(2,3)14-8-6-11(16)15(10-4-5-10)9-7-12(17)18/h10,14H,4-9H2,1-3H3,(H,17,18). The fraction of sp³-hybridized carbons (Fsp3) is 0.846. The molecule has 0 heterocycles. The lowest BCUT2D eigenvalue weighted by Gasteiger charge is -2.24. The molecule has 0 bridgehead atoms. The predicted molar refractivity (Wildman–Crippen MR) is 69.4 cm³/mol. The summed E-state index contributed by atoms with van der Waals surface area (Å²) in [6.45, 7) is 7.15. The van der Waals surface area contributed by atoms with Gasteiger partial charge in [-0.1, -0.05) is 0 Å². The third kappa shape index (κ3) is 6.00. The molecule has 0 radical (unpaired) electrons. The van der Waals surface area contributed by atoms with E-state index in [9.17, 15) is 9.59 Å². The number of hydrogen-bond donors (Lipinski definition) is 2. The van der Waals surface area contributed by atoms with Crippen LogP contribution in [0.3, 0.4) is 0 Å². The van der Waals surface area contributed by atoms with Gasteiger partial charge in [0.1, 0.15) is 0 Å². The van der Waals surface area contributed by atoms with Crippen LogP contribution in [-0.4, -0.2) is 46.6 Å². The minimum absolute atomic E-state index is 0.00571. The molecule has 2 N–H and O–H groups in total. The fourth-order valence-electron chi connectivity index (χ4n) is 1.80. The summed E-state index contributed by atoms with van der Waals surface area (Å²) in [7, 11) is 0. The van der Waals surface area contributed by atoms with Crippen molar-refractivity contribution >= 4 is 11.9 Å². The monoisotopic (exact) mass is 256 g/mol. The molecule has 1 fully saturated rings. The van der Waals surface area contributed by atoms with E-state index >= 15 is 0 Å². The van der Waals surface area contributed by atoms with Gasteiger partial charge in [-0.05, 0) is 33.6 Å². The van der Waals surface area contributed by atoms with Crippen molar-refractivity contribution in [2.24, 2.45) is 0 Å². The highest BCUT2D eigenvalue weighted by molar-refractivity contribution is 5.78. The van der Waals surface area contributed by atoms with Gasteiger partial charge >= 0.3 is 5.97 Å². The molecule has 0 unspecified atom stereocenters. The molecule has 5 heteroatoms. The van der Waals surface area contributed by atoms with Crippen LogP contribution in [0.25, 0.3) is 0 Å². The van der Waals surface area contributed by atoms with Crippen molar-refractivity contribution in [2.45, 2.75) is 58.0 Å². The summed E-state index contributed by atoms with van der Waals surface area (Å²) in [6, 6.07) is 0.284. The molecule has 0 aromatic heterocycles. The Balaban J connectivity index is 2.33. The lowest BCUT2D eigenvalue weighted by Crippen LogP contribution is -2.40. The molecule has 0 spiro atoms. The molecular weight excluding hydrogens is 232 g/mol. The molecule has 0 aliphatic heterocycles. The van der Waals surface area contributed by atoms with Gasteiger partial charge in [0, 0.05) is 31.1 Å². The highest BCUT2D eigenvalue weighted by Crippen LogP contribution is 2.27. The van der Waals surface area contributed by atoms with Gasteiger partial charge in [-0.25, -0.2) is 0 Å². The normalized spacial score (nSPS) is 15.5. The van der Waals surface area contributed by atoms with E-state index in [1.807, 2.05) is 0 Å². The van der Waals surface area contributed by atoms with E-state index < -0.39 is 5.97 Å². The second-order valence-electron chi connectivity index (χ2n) is 5.89. The maximum absolute atomic E-state index is 12.0. The Morgan fingerprint density at radius 3 is 2.33 bits per heavy atom. The van der Waals surface area contributed by atoms with Gasteiger partial charge in [0.25, 0.3) is 0 Å². The van der Waals surface area contributed by atoms with Gasteiger partial charge in [-0.2, -0.15) is 0 Å². The number of nitrogens with zero attached hydrogens (tertiary/aromatic N) is 1. The Labute approximate surface area is 109 Å². The van der Waals surface area contributed by atoms with Crippen LogP contribution in [0.5, 0.6) is 0 Å². The van der Waals surface area contributed by atoms with Crippen LogP contribution >= 0.6 is 0 Å². The average Bonchev–Trinajstić information content (AvgIpc) is 2.99. The van der Waals surface area contributed by atoms with E-state index in [1.165, 1.54) is 0 Å². The van der Waals surface area contributed by atoms with Gasteiger partial charge in [-0.3, -0.25) is 9.59 Å². The van der Waals surface area contributed by atoms with Crippen LogP contribution in [-0.2, 0) is 9.59 Å². The van der Waals surface area contributed by atoms with Crippen molar-refractivity contribution < 1.29 is 14.7 Å². The van der Waals surface area contributed by atoms with Gasteiger partial charge in [0.2, 0.25) is 5.91 Å². The highest BCUT2D eigenvalue weighted by atomic mass is 16.4. The zero-order chi connectivity index (χ0) is 13.8. The second-order valence-corrected chi connectivity index (χ2v) is 5.89.